The Hall–Kier alpha value is -1.14. The van der Waals surface area contributed by atoms with Crippen LogP contribution in [0.25, 0.3) is 0 Å². The van der Waals surface area contributed by atoms with Crippen LogP contribution in [0.3, 0.4) is 0 Å². The summed E-state index contributed by atoms with van der Waals surface area (Å²) in [4.78, 5) is 0. The topological polar surface area (TPSA) is 32.3 Å². The molecule has 2 nitrogen and oxygen atoms in total. The van der Waals surface area contributed by atoms with Crippen LogP contribution >= 0.6 is 0 Å². The molecule has 88 valence electrons. The predicted molar refractivity (Wildman–Crippen MR) is 48.2 cm³/mol. The molecule has 0 unspecified atom stereocenters. The van der Waals surface area contributed by atoms with Gasteiger partial charge in [-0.15, -0.1) is 0 Å². The van der Waals surface area contributed by atoms with Gasteiger partial charge in [0.05, 0.1) is 5.56 Å². The van der Waals surface area contributed by atoms with Crippen molar-refractivity contribution < 1.29 is 22.7 Å². The fraction of sp³-hybridized carbons (Fsp3) is 0.400. The molecule has 0 aliphatic carbocycles. The first-order valence-electron chi connectivity index (χ1n) is 4.63. The van der Waals surface area contributed by atoms with Gasteiger partial charge in [-0.3, -0.25) is 0 Å². The van der Waals surface area contributed by atoms with E-state index in [0.29, 0.717) is 12.1 Å². The Labute approximate surface area is 88.9 Å². The van der Waals surface area contributed by atoms with Crippen molar-refractivity contribution in [1.82, 2.24) is 5.32 Å². The summed E-state index contributed by atoms with van der Waals surface area (Å²) in [7, 11) is 0. The van der Waals surface area contributed by atoms with E-state index >= 15 is 0 Å². The van der Waals surface area contributed by atoms with Crippen LogP contribution in [0.2, 0.25) is 0 Å². The first kappa shape index (κ1) is 11.3. The molecule has 1 aromatic carbocycles. The minimum absolute atomic E-state index is 0.0607. The van der Waals surface area contributed by atoms with E-state index < -0.39 is 23.2 Å². The molecular weight excluding hydrogens is 226 g/mol. The molecule has 2 rings (SSSR count). The van der Waals surface area contributed by atoms with Crippen molar-refractivity contribution >= 4 is 0 Å². The molecule has 1 heterocycles. The highest BCUT2D eigenvalue weighted by molar-refractivity contribution is 5.33. The predicted octanol–water partition coefficient (Wildman–Crippen LogP) is 1.64. The maximum absolute atomic E-state index is 13.3. The van der Waals surface area contributed by atoms with Crippen LogP contribution in [0.5, 0.6) is 0 Å². The molecule has 0 atom stereocenters. The lowest BCUT2D eigenvalue weighted by molar-refractivity contribution is -0.137. The number of halogens is 4. The fourth-order valence-corrected chi connectivity index (χ4v) is 1.61. The summed E-state index contributed by atoms with van der Waals surface area (Å²) in [6.45, 7) is 0.121. The average Bonchev–Trinajstić information content (AvgIpc) is 2.13. The normalized spacial score (nSPS) is 19.3. The van der Waals surface area contributed by atoms with Crippen molar-refractivity contribution in [3.63, 3.8) is 0 Å². The zero-order chi connectivity index (χ0) is 12.0. The third kappa shape index (κ3) is 1.78. The Morgan fingerprint density at radius 3 is 2.31 bits per heavy atom. The highest BCUT2D eigenvalue weighted by Crippen LogP contribution is 2.34. The second-order valence-electron chi connectivity index (χ2n) is 3.83. The minimum Gasteiger partial charge on any atom is -0.382 e. The highest BCUT2D eigenvalue weighted by atomic mass is 19.4. The molecule has 1 saturated heterocycles. The van der Waals surface area contributed by atoms with Crippen molar-refractivity contribution in [2.75, 3.05) is 13.1 Å². The van der Waals surface area contributed by atoms with E-state index in [0.717, 1.165) is 6.07 Å². The summed E-state index contributed by atoms with van der Waals surface area (Å²) in [5.41, 5.74) is -2.78. The number of benzene rings is 1. The molecule has 1 aliphatic rings. The van der Waals surface area contributed by atoms with Gasteiger partial charge in [-0.25, -0.2) is 4.39 Å². The molecule has 0 bridgehead atoms. The number of alkyl halides is 3. The van der Waals surface area contributed by atoms with Crippen LogP contribution < -0.4 is 5.32 Å². The van der Waals surface area contributed by atoms with Crippen molar-refractivity contribution in [1.29, 1.82) is 0 Å². The zero-order valence-corrected chi connectivity index (χ0v) is 8.11. The number of rotatable bonds is 1. The summed E-state index contributed by atoms with van der Waals surface area (Å²) in [6.07, 6.45) is -4.53. The molecule has 6 heteroatoms. The van der Waals surface area contributed by atoms with E-state index in [9.17, 15) is 22.7 Å². The van der Waals surface area contributed by atoms with Crippen LogP contribution in [0.1, 0.15) is 11.1 Å². The van der Waals surface area contributed by atoms with Gasteiger partial charge >= 0.3 is 6.18 Å². The van der Waals surface area contributed by atoms with Crippen molar-refractivity contribution in [3.8, 4) is 0 Å². The molecule has 16 heavy (non-hydrogen) atoms. The molecular formula is C10H9F4NO. The van der Waals surface area contributed by atoms with Crippen LogP contribution in [-0.2, 0) is 11.8 Å². The first-order valence-corrected chi connectivity index (χ1v) is 4.63. The van der Waals surface area contributed by atoms with E-state index in [4.69, 9.17) is 0 Å². The molecule has 0 aromatic heterocycles. The minimum atomic E-state index is -4.53. The summed E-state index contributed by atoms with van der Waals surface area (Å²) in [6, 6.07) is 2.05. The monoisotopic (exact) mass is 235 g/mol. The van der Waals surface area contributed by atoms with E-state index in [1.54, 1.807) is 0 Å². The van der Waals surface area contributed by atoms with Gasteiger partial charge in [-0.1, -0.05) is 0 Å². The first-order chi connectivity index (χ1) is 7.33. The Kier molecular flexibility index (Phi) is 2.43. The highest BCUT2D eigenvalue weighted by Gasteiger charge is 2.40. The Morgan fingerprint density at radius 1 is 1.25 bits per heavy atom. The van der Waals surface area contributed by atoms with Gasteiger partial charge in [0.2, 0.25) is 0 Å². The van der Waals surface area contributed by atoms with Gasteiger partial charge in [0, 0.05) is 18.7 Å². The lowest BCUT2D eigenvalue weighted by atomic mass is 9.87. The Bertz CT molecular complexity index is 412. The van der Waals surface area contributed by atoms with Crippen LogP contribution in [0.15, 0.2) is 18.2 Å². The summed E-state index contributed by atoms with van der Waals surface area (Å²) in [5.74, 6) is -0.822. The maximum atomic E-state index is 13.3. The van der Waals surface area contributed by atoms with Crippen molar-refractivity contribution in [2.24, 2.45) is 0 Å². The largest absolute Gasteiger partial charge is 0.416 e. The van der Waals surface area contributed by atoms with Gasteiger partial charge in [-0.05, 0) is 18.2 Å². The lowest BCUT2D eigenvalue weighted by Gasteiger charge is -2.38. The third-order valence-electron chi connectivity index (χ3n) is 2.63. The van der Waals surface area contributed by atoms with Crippen molar-refractivity contribution in [3.05, 3.63) is 35.1 Å². The number of hydrogen-bond donors (Lipinski definition) is 2. The SMILES string of the molecule is OC1(c2cc(C(F)(F)F)ccc2F)CNC1. The molecule has 2 N–H and O–H groups in total. The van der Waals surface area contributed by atoms with E-state index in [1.807, 2.05) is 0 Å². The Morgan fingerprint density at radius 2 is 1.88 bits per heavy atom. The Balaban J connectivity index is 2.45. The molecule has 1 aromatic rings. The maximum Gasteiger partial charge on any atom is 0.416 e. The van der Waals surface area contributed by atoms with Gasteiger partial charge in [0.25, 0.3) is 0 Å². The summed E-state index contributed by atoms with van der Waals surface area (Å²) >= 11 is 0. The van der Waals surface area contributed by atoms with Gasteiger partial charge in [0.15, 0.2) is 0 Å². The van der Waals surface area contributed by atoms with Crippen LogP contribution in [0.4, 0.5) is 17.6 Å². The third-order valence-corrected chi connectivity index (χ3v) is 2.63. The van der Waals surface area contributed by atoms with E-state index in [2.05, 4.69) is 5.32 Å². The summed E-state index contributed by atoms with van der Waals surface area (Å²) < 4.78 is 50.5. The summed E-state index contributed by atoms with van der Waals surface area (Å²) in [5, 5.41) is 12.5. The lowest BCUT2D eigenvalue weighted by Crippen LogP contribution is -2.57. The zero-order valence-electron chi connectivity index (χ0n) is 8.11. The van der Waals surface area contributed by atoms with Crippen LogP contribution in [-0.4, -0.2) is 18.2 Å². The number of aliphatic hydroxyl groups is 1. The molecule has 0 spiro atoms. The fourth-order valence-electron chi connectivity index (χ4n) is 1.61. The number of hydrogen-bond acceptors (Lipinski definition) is 2. The standard InChI is InChI=1S/C10H9F4NO/c11-8-2-1-6(10(12,13)14)3-7(8)9(16)4-15-5-9/h1-3,15-16H,4-5H2. The second kappa shape index (κ2) is 3.43. The van der Waals surface area contributed by atoms with Gasteiger partial charge in [-0.2, -0.15) is 13.2 Å². The molecule has 1 aliphatic heterocycles. The number of nitrogens with one attached hydrogen (secondary N) is 1. The van der Waals surface area contributed by atoms with Gasteiger partial charge < -0.3 is 10.4 Å². The number of β-amino-alcohol motifs (C(OH)–C–C–N with tert-alkyl or cyclic N) is 1. The molecule has 0 amide bonds. The quantitative estimate of drug-likeness (QED) is 0.725. The second-order valence-corrected chi connectivity index (χ2v) is 3.83. The molecule has 1 fully saturated rings. The van der Waals surface area contributed by atoms with Crippen LogP contribution in [0, 0.1) is 5.82 Å². The van der Waals surface area contributed by atoms with Gasteiger partial charge in [0.1, 0.15) is 11.4 Å². The smallest absolute Gasteiger partial charge is 0.382 e. The van der Waals surface area contributed by atoms with E-state index in [1.165, 1.54) is 0 Å². The van der Waals surface area contributed by atoms with Crippen molar-refractivity contribution in [2.45, 2.75) is 11.8 Å². The average molecular weight is 235 g/mol. The van der Waals surface area contributed by atoms with E-state index in [-0.39, 0.29) is 18.7 Å². The molecule has 0 radical (unpaired) electrons. The molecule has 0 saturated carbocycles.